The fourth-order valence-corrected chi connectivity index (χ4v) is 5.23. The fourth-order valence-electron chi connectivity index (χ4n) is 2.05. The topological polar surface area (TPSA) is 44.8 Å². The summed E-state index contributed by atoms with van der Waals surface area (Å²) in [5.74, 6) is -0.424. The van der Waals surface area contributed by atoms with Gasteiger partial charge in [-0.25, -0.2) is 4.79 Å². The molecule has 0 saturated heterocycles. The van der Waals surface area contributed by atoms with Crippen molar-refractivity contribution in [3.63, 3.8) is 0 Å². The smallest absolute Gasteiger partial charge is 0.412 e. The zero-order valence-corrected chi connectivity index (χ0v) is 15.1. The van der Waals surface area contributed by atoms with Gasteiger partial charge in [0.25, 0.3) is 0 Å². The summed E-state index contributed by atoms with van der Waals surface area (Å²) in [6, 6.07) is 9.74. The van der Waals surface area contributed by atoms with Crippen molar-refractivity contribution >= 4 is 19.7 Å². The molecule has 4 nitrogen and oxygen atoms in total. The molecule has 5 heteroatoms. The van der Waals surface area contributed by atoms with Crippen molar-refractivity contribution in [2.45, 2.75) is 46.8 Å². The number of carbonyl (C=O) groups is 1. The summed E-state index contributed by atoms with van der Waals surface area (Å²) in [6.07, 6.45) is 0.0438. The summed E-state index contributed by atoms with van der Waals surface area (Å²) >= 11 is 0. The largest absolute Gasteiger partial charge is 0.460 e. The van der Waals surface area contributed by atoms with E-state index in [9.17, 15) is 4.79 Å². The maximum absolute atomic E-state index is 11.8. The van der Waals surface area contributed by atoms with Gasteiger partial charge in [0.2, 0.25) is 0 Å². The Morgan fingerprint density at radius 1 is 1.09 bits per heavy atom. The number of carbonyl (C=O) groups excluding carboxylic acids is 1. The van der Waals surface area contributed by atoms with Crippen molar-refractivity contribution in [2.75, 3.05) is 6.23 Å². The molecule has 0 aliphatic heterocycles. The van der Waals surface area contributed by atoms with Gasteiger partial charge in [-0.1, -0.05) is 36.9 Å². The van der Waals surface area contributed by atoms with Gasteiger partial charge in [-0.2, -0.15) is 0 Å². The molecule has 0 aliphatic rings. The zero-order valence-electron chi connectivity index (χ0n) is 14.1. The first-order valence-electron chi connectivity index (χ1n) is 7.50. The molecule has 122 valence electrons. The molecule has 0 spiro atoms. The van der Waals surface area contributed by atoms with Gasteiger partial charge < -0.3 is 13.6 Å². The van der Waals surface area contributed by atoms with Crippen LogP contribution < -0.4 is 5.19 Å². The molecule has 0 aromatic heterocycles. The van der Waals surface area contributed by atoms with Crippen molar-refractivity contribution in [1.29, 1.82) is 0 Å². The van der Waals surface area contributed by atoms with Crippen molar-refractivity contribution in [1.82, 2.24) is 0 Å². The Morgan fingerprint density at radius 2 is 1.59 bits per heavy atom. The number of benzene rings is 1. The third-order valence-corrected chi connectivity index (χ3v) is 6.25. The summed E-state index contributed by atoms with van der Waals surface area (Å²) in [5.41, 5.74) is 0.366. The predicted octanol–water partition coefficient (Wildman–Crippen LogP) is 2.84. The maximum atomic E-state index is 11.8. The number of hydrogen-bond donors (Lipinski definition) is 0. The van der Waals surface area contributed by atoms with Crippen LogP contribution in [0.1, 0.15) is 34.6 Å². The lowest BCUT2D eigenvalue weighted by molar-refractivity contribution is -0.138. The molecule has 0 bridgehead atoms. The van der Waals surface area contributed by atoms with Gasteiger partial charge in [0.15, 0.2) is 0 Å². The summed E-state index contributed by atoms with van der Waals surface area (Å²) in [7, 11) is -2.89. The van der Waals surface area contributed by atoms with Crippen LogP contribution in [0.2, 0.25) is 0 Å². The first kappa shape index (κ1) is 18.6. The van der Waals surface area contributed by atoms with Gasteiger partial charge in [0, 0.05) is 17.8 Å². The number of hydrogen-bond acceptors (Lipinski definition) is 4. The normalized spacial score (nSPS) is 11.8. The van der Waals surface area contributed by atoms with Crippen molar-refractivity contribution in [2.24, 2.45) is 0 Å². The Balaban J connectivity index is 3.14. The van der Waals surface area contributed by atoms with E-state index in [1.165, 1.54) is 0 Å². The summed E-state index contributed by atoms with van der Waals surface area (Å²) in [4.78, 5) is 11.8. The van der Waals surface area contributed by atoms with E-state index in [2.05, 4.69) is 6.58 Å². The summed E-state index contributed by atoms with van der Waals surface area (Å²) < 4.78 is 17.7. The van der Waals surface area contributed by atoms with E-state index in [1.807, 2.05) is 58.0 Å². The van der Waals surface area contributed by atoms with Crippen LogP contribution in [0.25, 0.3) is 0 Å². The number of rotatable bonds is 8. The van der Waals surface area contributed by atoms with Crippen molar-refractivity contribution < 1.29 is 18.4 Å². The van der Waals surface area contributed by atoms with E-state index in [0.29, 0.717) is 5.57 Å². The molecule has 1 aromatic carbocycles. The Kier molecular flexibility index (Phi) is 6.99. The molecular formula is C17H26O4Si. The molecule has 0 saturated carbocycles. The van der Waals surface area contributed by atoms with E-state index < -0.39 is 14.5 Å². The van der Waals surface area contributed by atoms with Crippen LogP contribution in [0.5, 0.6) is 0 Å². The first-order chi connectivity index (χ1) is 10.3. The maximum Gasteiger partial charge on any atom is 0.412 e. The first-order valence-corrected chi connectivity index (χ1v) is 9.53. The Hall–Kier alpha value is -1.43. The standard InChI is InChI=1S/C17H26O4Si/c1-13(2)17(18)19-12-22(20-14(3)4,21-15(5)6)16-10-8-7-9-11-16/h7-11,14-15H,1,12H2,2-6H3. The van der Waals surface area contributed by atoms with Gasteiger partial charge >= 0.3 is 14.5 Å². The van der Waals surface area contributed by atoms with Gasteiger partial charge in [-0.15, -0.1) is 0 Å². The molecule has 1 rings (SSSR count). The molecule has 0 fully saturated rings. The summed E-state index contributed by atoms with van der Waals surface area (Å²) in [6.45, 7) is 13.0. The molecule has 0 aliphatic carbocycles. The lowest BCUT2D eigenvalue weighted by Gasteiger charge is -2.34. The average Bonchev–Trinajstić information content (AvgIpc) is 2.44. The Labute approximate surface area is 134 Å². The van der Waals surface area contributed by atoms with Crippen LogP contribution in [0.4, 0.5) is 0 Å². The highest BCUT2D eigenvalue weighted by Gasteiger charge is 2.44. The Morgan fingerprint density at radius 3 is 2.00 bits per heavy atom. The molecular weight excluding hydrogens is 296 g/mol. The van der Waals surface area contributed by atoms with E-state index in [4.69, 9.17) is 13.6 Å². The summed E-state index contributed by atoms with van der Waals surface area (Å²) in [5, 5.41) is 0.951. The minimum Gasteiger partial charge on any atom is -0.460 e. The molecule has 0 N–H and O–H groups in total. The van der Waals surface area contributed by atoms with E-state index in [0.717, 1.165) is 5.19 Å². The molecule has 0 atom stereocenters. The Bertz CT molecular complexity index is 487. The molecule has 0 unspecified atom stereocenters. The second kappa shape index (κ2) is 8.27. The molecule has 0 heterocycles. The van der Waals surface area contributed by atoms with Gasteiger partial charge in [-0.05, 0) is 39.8 Å². The number of ether oxygens (including phenoxy) is 1. The zero-order chi connectivity index (χ0) is 16.8. The van der Waals surface area contributed by atoms with Crippen LogP contribution in [0.3, 0.4) is 0 Å². The highest BCUT2D eigenvalue weighted by molar-refractivity contribution is 6.81. The van der Waals surface area contributed by atoms with Crippen LogP contribution in [-0.2, 0) is 18.4 Å². The van der Waals surface area contributed by atoms with Gasteiger partial charge in [0.05, 0.1) is 0 Å². The third kappa shape index (κ3) is 5.40. The SMILES string of the molecule is C=C(C)C(=O)OC[Si](OC(C)C)(OC(C)C)c1ccccc1. The molecule has 0 amide bonds. The van der Waals surface area contributed by atoms with E-state index in [-0.39, 0.29) is 18.4 Å². The van der Waals surface area contributed by atoms with Crippen LogP contribution in [0, 0.1) is 0 Å². The van der Waals surface area contributed by atoms with Crippen LogP contribution in [-0.4, -0.2) is 33.0 Å². The number of esters is 1. The lowest BCUT2D eigenvalue weighted by atomic mass is 10.4. The predicted molar refractivity (Wildman–Crippen MR) is 90.0 cm³/mol. The van der Waals surface area contributed by atoms with E-state index >= 15 is 0 Å². The second-order valence-electron chi connectivity index (χ2n) is 5.81. The third-order valence-electron chi connectivity index (χ3n) is 2.81. The molecule has 22 heavy (non-hydrogen) atoms. The lowest BCUT2D eigenvalue weighted by Crippen LogP contribution is -2.60. The minimum absolute atomic E-state index is 0.0332. The minimum atomic E-state index is -2.89. The molecule has 0 radical (unpaired) electrons. The van der Waals surface area contributed by atoms with Gasteiger partial charge in [-0.3, -0.25) is 0 Å². The van der Waals surface area contributed by atoms with Crippen LogP contribution in [0.15, 0.2) is 42.5 Å². The van der Waals surface area contributed by atoms with Crippen molar-refractivity contribution in [3.05, 3.63) is 42.5 Å². The average molecular weight is 322 g/mol. The fraction of sp³-hybridized carbons (Fsp3) is 0.471. The monoisotopic (exact) mass is 322 g/mol. The quantitative estimate of drug-likeness (QED) is 0.419. The van der Waals surface area contributed by atoms with Crippen LogP contribution >= 0.6 is 0 Å². The second-order valence-corrected chi connectivity index (χ2v) is 8.65. The van der Waals surface area contributed by atoms with Gasteiger partial charge in [0.1, 0.15) is 6.23 Å². The molecule has 1 aromatic rings. The highest BCUT2D eigenvalue weighted by Crippen LogP contribution is 2.15. The van der Waals surface area contributed by atoms with Crippen molar-refractivity contribution in [3.8, 4) is 0 Å². The highest BCUT2D eigenvalue weighted by atomic mass is 28.4. The van der Waals surface area contributed by atoms with E-state index in [1.54, 1.807) is 6.92 Å².